The molecule has 0 atom stereocenters. The van der Waals surface area contributed by atoms with E-state index in [1.54, 1.807) is 38.2 Å². The molecule has 2 N–H and O–H groups in total. The van der Waals surface area contributed by atoms with Gasteiger partial charge in [0.2, 0.25) is 5.89 Å². The van der Waals surface area contributed by atoms with Gasteiger partial charge in [-0.15, -0.1) is 0 Å². The van der Waals surface area contributed by atoms with Crippen molar-refractivity contribution in [1.29, 1.82) is 0 Å². The number of hydrogen-bond donors (Lipinski definition) is 2. The standard InChI is InChI=1S/C30H25FN4O4/c1-16-4-5-20(27(36)34-30(12-13-30)29-33-17(2)39-35-29)15-22(16)19-8-11-24-23(14-19)25(28(37)32-3)26(38-24)18-6-9-21(31)10-7-18/h4-11,14-15H,12-13H2,1-3H3,(H,32,37)(H,34,36). The lowest BCUT2D eigenvalue weighted by Crippen LogP contribution is -2.35. The maximum absolute atomic E-state index is 13.5. The van der Waals surface area contributed by atoms with Gasteiger partial charge in [-0.3, -0.25) is 9.59 Å². The third-order valence-corrected chi connectivity index (χ3v) is 7.12. The van der Waals surface area contributed by atoms with Gasteiger partial charge < -0.3 is 19.6 Å². The van der Waals surface area contributed by atoms with E-state index in [0.29, 0.717) is 45.1 Å². The van der Waals surface area contributed by atoms with Crippen molar-refractivity contribution in [3.05, 3.63) is 94.9 Å². The van der Waals surface area contributed by atoms with Crippen molar-refractivity contribution < 1.29 is 22.9 Å². The summed E-state index contributed by atoms with van der Waals surface area (Å²) >= 11 is 0. The first kappa shape index (κ1) is 24.5. The van der Waals surface area contributed by atoms with Crippen molar-refractivity contribution in [2.24, 2.45) is 0 Å². The van der Waals surface area contributed by atoms with Crippen LogP contribution in [0.4, 0.5) is 4.39 Å². The molecule has 0 spiro atoms. The highest BCUT2D eigenvalue weighted by Gasteiger charge is 2.50. The number of aromatic nitrogens is 2. The molecule has 196 valence electrons. The molecule has 8 nitrogen and oxygen atoms in total. The average molecular weight is 525 g/mol. The molecule has 0 bridgehead atoms. The molecule has 0 unspecified atom stereocenters. The lowest BCUT2D eigenvalue weighted by molar-refractivity contribution is 0.0926. The Morgan fingerprint density at radius 1 is 0.949 bits per heavy atom. The first-order chi connectivity index (χ1) is 18.8. The highest BCUT2D eigenvalue weighted by atomic mass is 19.1. The van der Waals surface area contributed by atoms with Gasteiger partial charge in [0.15, 0.2) is 5.82 Å². The molecule has 1 aliphatic carbocycles. The summed E-state index contributed by atoms with van der Waals surface area (Å²) in [5.41, 5.74) is 3.99. The number of furan rings is 1. The van der Waals surface area contributed by atoms with Crippen molar-refractivity contribution in [1.82, 2.24) is 20.8 Å². The number of carbonyl (C=O) groups excluding carboxylic acids is 2. The smallest absolute Gasteiger partial charge is 0.255 e. The number of fused-ring (bicyclic) bond motifs is 1. The van der Waals surface area contributed by atoms with Crippen LogP contribution in [0.3, 0.4) is 0 Å². The van der Waals surface area contributed by atoms with Crippen molar-refractivity contribution in [3.63, 3.8) is 0 Å². The Hall–Kier alpha value is -4.79. The van der Waals surface area contributed by atoms with Gasteiger partial charge in [-0.05, 0) is 85.0 Å². The van der Waals surface area contributed by atoms with Gasteiger partial charge in [-0.1, -0.05) is 17.3 Å². The summed E-state index contributed by atoms with van der Waals surface area (Å²) in [6.07, 6.45) is 1.48. The molecule has 1 fully saturated rings. The molecule has 0 aliphatic heterocycles. The Kier molecular flexibility index (Phi) is 5.79. The summed E-state index contributed by atoms with van der Waals surface area (Å²) < 4.78 is 24.7. The van der Waals surface area contributed by atoms with Crippen molar-refractivity contribution in [2.75, 3.05) is 7.05 Å². The number of halogens is 1. The summed E-state index contributed by atoms with van der Waals surface area (Å²) in [6, 6.07) is 16.9. The molecule has 5 aromatic rings. The van der Waals surface area contributed by atoms with Gasteiger partial charge >= 0.3 is 0 Å². The van der Waals surface area contributed by atoms with Crippen molar-refractivity contribution in [3.8, 4) is 22.5 Å². The van der Waals surface area contributed by atoms with Gasteiger partial charge in [0, 0.05) is 30.5 Å². The lowest BCUT2D eigenvalue weighted by atomic mass is 9.95. The second-order valence-electron chi connectivity index (χ2n) is 9.81. The third kappa shape index (κ3) is 4.35. The lowest BCUT2D eigenvalue weighted by Gasteiger charge is -2.15. The molecule has 1 saturated carbocycles. The van der Waals surface area contributed by atoms with Crippen LogP contribution in [0.25, 0.3) is 33.4 Å². The van der Waals surface area contributed by atoms with Crippen LogP contribution < -0.4 is 10.6 Å². The monoisotopic (exact) mass is 524 g/mol. The fourth-order valence-corrected chi connectivity index (χ4v) is 4.81. The van der Waals surface area contributed by atoms with E-state index in [-0.39, 0.29) is 17.6 Å². The molecule has 39 heavy (non-hydrogen) atoms. The van der Waals surface area contributed by atoms with Crippen LogP contribution in [0.1, 0.15) is 50.8 Å². The molecule has 3 aromatic carbocycles. The van der Waals surface area contributed by atoms with E-state index in [0.717, 1.165) is 29.5 Å². The maximum atomic E-state index is 13.5. The van der Waals surface area contributed by atoms with Crippen molar-refractivity contribution in [2.45, 2.75) is 32.2 Å². The minimum atomic E-state index is -0.602. The zero-order valence-electron chi connectivity index (χ0n) is 21.6. The highest BCUT2D eigenvalue weighted by Crippen LogP contribution is 2.44. The fraction of sp³-hybridized carbons (Fsp3) is 0.200. The highest BCUT2D eigenvalue weighted by molar-refractivity contribution is 6.12. The van der Waals surface area contributed by atoms with Gasteiger partial charge in [0.1, 0.15) is 22.7 Å². The average Bonchev–Trinajstić information content (AvgIpc) is 3.40. The largest absolute Gasteiger partial charge is 0.455 e. The Morgan fingerprint density at radius 3 is 2.36 bits per heavy atom. The minimum absolute atomic E-state index is 0.231. The van der Waals surface area contributed by atoms with Crippen LogP contribution in [0, 0.1) is 19.7 Å². The van der Waals surface area contributed by atoms with Crippen LogP contribution in [-0.2, 0) is 5.54 Å². The van der Waals surface area contributed by atoms with E-state index in [4.69, 9.17) is 8.94 Å². The summed E-state index contributed by atoms with van der Waals surface area (Å²) in [5.74, 6) is 0.379. The zero-order chi connectivity index (χ0) is 27.3. The number of nitrogens with one attached hydrogen (secondary N) is 2. The molecule has 0 saturated heterocycles. The molecule has 2 amide bonds. The molecule has 6 rings (SSSR count). The van der Waals surface area contributed by atoms with Gasteiger partial charge in [0.25, 0.3) is 11.8 Å². The van der Waals surface area contributed by atoms with E-state index in [2.05, 4.69) is 20.8 Å². The van der Waals surface area contributed by atoms with Crippen molar-refractivity contribution >= 4 is 22.8 Å². The Labute approximate surface area is 223 Å². The minimum Gasteiger partial charge on any atom is -0.455 e. The maximum Gasteiger partial charge on any atom is 0.255 e. The molecular weight excluding hydrogens is 499 g/mol. The Balaban J connectivity index is 1.38. The Morgan fingerprint density at radius 2 is 1.69 bits per heavy atom. The molecular formula is C30H25FN4O4. The van der Waals surface area contributed by atoms with E-state index >= 15 is 0 Å². The Bertz CT molecular complexity index is 1750. The normalized spacial score (nSPS) is 13.8. The molecule has 9 heteroatoms. The number of rotatable bonds is 6. The quantitative estimate of drug-likeness (QED) is 0.296. The summed E-state index contributed by atoms with van der Waals surface area (Å²) in [6.45, 7) is 3.68. The van der Waals surface area contributed by atoms with Crippen LogP contribution in [0.15, 0.2) is 69.6 Å². The summed E-state index contributed by atoms with van der Waals surface area (Å²) in [5, 5.41) is 10.4. The zero-order valence-corrected chi connectivity index (χ0v) is 21.6. The predicted molar refractivity (Wildman–Crippen MR) is 143 cm³/mol. The van der Waals surface area contributed by atoms with Gasteiger partial charge in [-0.25, -0.2) is 4.39 Å². The molecule has 2 heterocycles. The third-order valence-electron chi connectivity index (χ3n) is 7.12. The number of carbonyl (C=O) groups is 2. The van der Waals surface area contributed by atoms with E-state index < -0.39 is 5.54 Å². The topological polar surface area (TPSA) is 110 Å². The number of nitrogens with zero attached hydrogens (tertiary/aromatic N) is 2. The van der Waals surface area contributed by atoms with Gasteiger partial charge in [0.05, 0.1) is 5.56 Å². The SMILES string of the molecule is CNC(=O)c1c(-c2ccc(F)cc2)oc2ccc(-c3cc(C(=O)NC4(c5noc(C)n5)CC4)ccc3C)cc12. The predicted octanol–water partition coefficient (Wildman–Crippen LogP) is 5.68. The number of benzene rings is 3. The summed E-state index contributed by atoms with van der Waals surface area (Å²) in [7, 11) is 1.55. The molecule has 2 aromatic heterocycles. The second kappa shape index (κ2) is 9.20. The van der Waals surface area contributed by atoms with Gasteiger partial charge in [-0.2, -0.15) is 4.98 Å². The van der Waals surface area contributed by atoms with Crippen LogP contribution in [0.5, 0.6) is 0 Å². The van der Waals surface area contributed by atoms with Crippen LogP contribution >= 0.6 is 0 Å². The second-order valence-corrected chi connectivity index (χ2v) is 9.81. The number of amides is 2. The molecule has 1 aliphatic rings. The fourth-order valence-electron chi connectivity index (χ4n) is 4.81. The van der Waals surface area contributed by atoms with Crippen LogP contribution in [-0.4, -0.2) is 29.0 Å². The van der Waals surface area contributed by atoms with E-state index in [1.807, 2.05) is 31.2 Å². The number of aryl methyl sites for hydroxylation is 2. The first-order valence-corrected chi connectivity index (χ1v) is 12.6. The van der Waals surface area contributed by atoms with E-state index in [1.165, 1.54) is 12.1 Å². The first-order valence-electron chi connectivity index (χ1n) is 12.6. The molecule has 0 radical (unpaired) electrons. The summed E-state index contributed by atoms with van der Waals surface area (Å²) in [4.78, 5) is 30.5. The van der Waals surface area contributed by atoms with E-state index in [9.17, 15) is 14.0 Å². The number of hydrogen-bond acceptors (Lipinski definition) is 6. The van der Waals surface area contributed by atoms with Crippen LogP contribution in [0.2, 0.25) is 0 Å².